The molecule has 0 radical (unpaired) electrons. The molecule has 7 heteroatoms. The van der Waals surface area contributed by atoms with Gasteiger partial charge in [0.05, 0.1) is 11.5 Å². The van der Waals surface area contributed by atoms with Crippen molar-refractivity contribution in [1.82, 2.24) is 5.32 Å². The van der Waals surface area contributed by atoms with E-state index < -0.39 is 11.1 Å². The molecule has 0 aromatic heterocycles. The van der Waals surface area contributed by atoms with Gasteiger partial charge >= 0.3 is 5.97 Å². The van der Waals surface area contributed by atoms with Gasteiger partial charge in [-0.3, -0.25) is 19.7 Å². The van der Waals surface area contributed by atoms with Gasteiger partial charge in [0, 0.05) is 6.42 Å². The molecular formula is C23H23NO5S. The number of amides is 2. The lowest BCUT2D eigenvalue weighted by atomic mass is 10.1. The molecule has 1 N–H and O–H groups in total. The van der Waals surface area contributed by atoms with Crippen molar-refractivity contribution in [1.29, 1.82) is 0 Å². The third-order valence-electron chi connectivity index (χ3n) is 4.37. The highest BCUT2D eigenvalue weighted by atomic mass is 32.2. The number of esters is 1. The zero-order valence-corrected chi connectivity index (χ0v) is 17.5. The largest absolute Gasteiger partial charge is 0.490 e. The molecule has 156 valence electrons. The Morgan fingerprint density at radius 2 is 1.87 bits per heavy atom. The molecule has 3 rings (SSSR count). The second-order valence-electron chi connectivity index (χ2n) is 6.66. The number of ether oxygens (including phenoxy) is 2. The van der Waals surface area contributed by atoms with Crippen LogP contribution < -0.4 is 14.8 Å². The Bertz CT molecular complexity index is 955. The van der Waals surface area contributed by atoms with Gasteiger partial charge in [-0.05, 0) is 67.3 Å². The van der Waals surface area contributed by atoms with Crippen LogP contribution in [0.15, 0.2) is 53.4 Å². The summed E-state index contributed by atoms with van der Waals surface area (Å²) in [7, 11) is 0. The third-order valence-corrected chi connectivity index (χ3v) is 5.18. The molecule has 2 amide bonds. The first kappa shape index (κ1) is 21.6. The third kappa shape index (κ3) is 6.22. The van der Waals surface area contributed by atoms with Crippen LogP contribution in [-0.4, -0.2) is 23.7 Å². The Labute approximate surface area is 179 Å². The van der Waals surface area contributed by atoms with Gasteiger partial charge in [0.15, 0.2) is 11.5 Å². The van der Waals surface area contributed by atoms with Gasteiger partial charge < -0.3 is 9.47 Å². The van der Waals surface area contributed by atoms with Crippen LogP contribution in [0.1, 0.15) is 37.3 Å². The van der Waals surface area contributed by atoms with E-state index >= 15 is 0 Å². The first-order chi connectivity index (χ1) is 14.5. The number of nitrogens with one attached hydrogen (secondary N) is 1. The van der Waals surface area contributed by atoms with Crippen molar-refractivity contribution in [2.45, 2.75) is 32.6 Å². The molecule has 2 aromatic rings. The molecule has 0 bridgehead atoms. The molecule has 0 unspecified atom stereocenters. The fourth-order valence-electron chi connectivity index (χ4n) is 2.96. The van der Waals surface area contributed by atoms with Crippen molar-refractivity contribution in [2.24, 2.45) is 0 Å². The van der Waals surface area contributed by atoms with Crippen molar-refractivity contribution in [2.75, 3.05) is 6.61 Å². The van der Waals surface area contributed by atoms with Crippen molar-refractivity contribution in [3.63, 3.8) is 0 Å². The lowest BCUT2D eigenvalue weighted by Gasteiger charge is -2.11. The molecule has 0 atom stereocenters. The van der Waals surface area contributed by atoms with Crippen molar-refractivity contribution >= 4 is 35.0 Å². The Balaban J connectivity index is 1.58. The fraction of sp³-hybridized carbons (Fsp3) is 0.261. The summed E-state index contributed by atoms with van der Waals surface area (Å²) in [6.07, 6.45) is 4.49. The normalized spacial score (nSPS) is 14.6. The van der Waals surface area contributed by atoms with Gasteiger partial charge in [0.2, 0.25) is 0 Å². The molecule has 2 aromatic carbocycles. The van der Waals surface area contributed by atoms with Gasteiger partial charge in [0.1, 0.15) is 0 Å². The van der Waals surface area contributed by atoms with E-state index in [9.17, 15) is 14.4 Å². The highest BCUT2D eigenvalue weighted by molar-refractivity contribution is 8.18. The predicted molar refractivity (Wildman–Crippen MR) is 116 cm³/mol. The molecule has 1 fully saturated rings. The number of hydrogen-bond acceptors (Lipinski definition) is 6. The molecule has 1 heterocycles. The first-order valence-corrected chi connectivity index (χ1v) is 10.6. The molecule has 0 aliphatic carbocycles. The van der Waals surface area contributed by atoms with Crippen molar-refractivity contribution in [3.8, 4) is 11.5 Å². The van der Waals surface area contributed by atoms with E-state index in [1.165, 1.54) is 5.56 Å². The maximum Gasteiger partial charge on any atom is 0.311 e. The van der Waals surface area contributed by atoms with Gasteiger partial charge in [-0.25, -0.2) is 0 Å². The summed E-state index contributed by atoms with van der Waals surface area (Å²) in [6.45, 7) is 2.23. The number of unbranched alkanes of at least 4 members (excludes halogenated alkanes) is 1. The Morgan fingerprint density at radius 3 is 2.57 bits per heavy atom. The first-order valence-electron chi connectivity index (χ1n) is 9.81. The lowest BCUT2D eigenvalue weighted by molar-refractivity contribution is -0.134. The molecule has 6 nitrogen and oxygen atoms in total. The van der Waals surface area contributed by atoms with E-state index in [1.807, 2.05) is 25.1 Å². The second kappa shape index (κ2) is 10.6. The molecule has 30 heavy (non-hydrogen) atoms. The quantitative estimate of drug-likeness (QED) is 0.271. The van der Waals surface area contributed by atoms with Crippen LogP contribution in [0.4, 0.5) is 4.79 Å². The average molecular weight is 426 g/mol. The maximum atomic E-state index is 12.2. The van der Waals surface area contributed by atoms with E-state index in [0.29, 0.717) is 35.0 Å². The van der Waals surface area contributed by atoms with Gasteiger partial charge in [-0.1, -0.05) is 36.4 Å². The van der Waals surface area contributed by atoms with Crippen LogP contribution in [0.5, 0.6) is 11.5 Å². The van der Waals surface area contributed by atoms with Crippen LogP contribution in [0.2, 0.25) is 0 Å². The monoisotopic (exact) mass is 425 g/mol. The van der Waals surface area contributed by atoms with Crippen molar-refractivity contribution in [3.05, 3.63) is 64.6 Å². The molecule has 0 spiro atoms. The minimum absolute atomic E-state index is 0.311. The summed E-state index contributed by atoms with van der Waals surface area (Å²) in [4.78, 5) is 35.6. The zero-order chi connectivity index (χ0) is 21.3. The highest BCUT2D eigenvalue weighted by Gasteiger charge is 2.25. The van der Waals surface area contributed by atoms with Gasteiger partial charge in [-0.15, -0.1) is 0 Å². The lowest BCUT2D eigenvalue weighted by Crippen LogP contribution is -2.17. The van der Waals surface area contributed by atoms with Crippen LogP contribution in [0, 0.1) is 0 Å². The molecule has 1 saturated heterocycles. The van der Waals surface area contributed by atoms with E-state index in [4.69, 9.17) is 9.47 Å². The van der Waals surface area contributed by atoms with E-state index in [-0.39, 0.29) is 5.97 Å². The minimum Gasteiger partial charge on any atom is -0.490 e. The number of rotatable bonds is 9. The Morgan fingerprint density at radius 1 is 1.07 bits per heavy atom. The summed E-state index contributed by atoms with van der Waals surface area (Å²) >= 11 is 0.847. The summed E-state index contributed by atoms with van der Waals surface area (Å²) in [5, 5.41) is 1.82. The van der Waals surface area contributed by atoms with Gasteiger partial charge in [-0.2, -0.15) is 0 Å². The molecular weight excluding hydrogens is 402 g/mol. The molecule has 1 aliphatic heterocycles. The van der Waals surface area contributed by atoms with E-state index in [2.05, 4.69) is 17.4 Å². The number of hydrogen-bond donors (Lipinski definition) is 1. The van der Waals surface area contributed by atoms with Crippen LogP contribution in [0.25, 0.3) is 6.08 Å². The summed E-state index contributed by atoms with van der Waals surface area (Å²) in [6, 6.07) is 15.2. The van der Waals surface area contributed by atoms with Crippen molar-refractivity contribution < 1.29 is 23.9 Å². The average Bonchev–Trinajstić information content (AvgIpc) is 3.05. The number of benzene rings is 2. The standard InChI is InChI=1S/C23H23NO5S/c1-2-28-19-14-17(15-20-22(26)24-23(27)30-20)12-13-18(19)29-21(25)11-7-6-10-16-8-4-3-5-9-16/h3-5,8-9,12-15H,2,6-7,10-11H2,1H3,(H,24,26,27)/b20-15-. The Hall–Kier alpha value is -3.06. The number of carbonyl (C=O) groups is 3. The smallest absolute Gasteiger partial charge is 0.311 e. The topological polar surface area (TPSA) is 81.7 Å². The van der Waals surface area contributed by atoms with E-state index in [1.54, 1.807) is 24.3 Å². The second-order valence-corrected chi connectivity index (χ2v) is 7.67. The zero-order valence-electron chi connectivity index (χ0n) is 16.7. The number of imide groups is 1. The number of aryl methyl sites for hydroxylation is 1. The SMILES string of the molecule is CCOc1cc(/C=C2\SC(=O)NC2=O)ccc1OC(=O)CCCCc1ccccc1. The Kier molecular flexibility index (Phi) is 7.68. The minimum atomic E-state index is -0.422. The number of carbonyl (C=O) groups excluding carboxylic acids is 3. The highest BCUT2D eigenvalue weighted by Crippen LogP contribution is 2.32. The predicted octanol–water partition coefficient (Wildman–Crippen LogP) is 4.73. The van der Waals surface area contributed by atoms with Crippen LogP contribution >= 0.6 is 11.8 Å². The maximum absolute atomic E-state index is 12.2. The fourth-order valence-corrected chi connectivity index (χ4v) is 3.64. The summed E-state index contributed by atoms with van der Waals surface area (Å²) in [5.74, 6) is 0.0197. The van der Waals surface area contributed by atoms with Gasteiger partial charge in [0.25, 0.3) is 11.1 Å². The number of thioether (sulfide) groups is 1. The van der Waals surface area contributed by atoms with Crippen LogP contribution in [-0.2, 0) is 16.0 Å². The van der Waals surface area contributed by atoms with E-state index in [0.717, 1.165) is 31.0 Å². The molecule has 0 saturated carbocycles. The molecule has 1 aliphatic rings. The van der Waals surface area contributed by atoms with Crippen LogP contribution in [0.3, 0.4) is 0 Å². The summed E-state index contributed by atoms with van der Waals surface area (Å²) in [5.41, 5.74) is 1.93. The summed E-state index contributed by atoms with van der Waals surface area (Å²) < 4.78 is 11.1.